The molecule has 0 spiro atoms. The predicted octanol–water partition coefficient (Wildman–Crippen LogP) is 3.83. The number of hydrogen-bond donors (Lipinski definition) is 2. The first-order valence-corrected chi connectivity index (χ1v) is 8.02. The smallest absolute Gasteiger partial charge is 0.270 e. The number of hydrogen-bond acceptors (Lipinski definition) is 5. The number of rotatable bonds is 4. The van der Waals surface area contributed by atoms with Crippen LogP contribution in [0.25, 0.3) is 11.3 Å². The van der Waals surface area contributed by atoms with Gasteiger partial charge in [-0.15, -0.1) is 0 Å². The van der Waals surface area contributed by atoms with E-state index in [2.05, 4.69) is 20.5 Å². The summed E-state index contributed by atoms with van der Waals surface area (Å²) in [6, 6.07) is 10.7. The SMILES string of the molecule is N#Cc1c(-c2ccccc2)nc(NN=Cc2c(F)cc(F)c(Cl)c2F)[nH]c1=O. The summed E-state index contributed by atoms with van der Waals surface area (Å²) in [6.07, 6.45) is 0.719. The fourth-order valence-electron chi connectivity index (χ4n) is 2.29. The van der Waals surface area contributed by atoms with Gasteiger partial charge in [0.1, 0.15) is 28.3 Å². The molecular formula is C18H9ClF3N5O. The summed E-state index contributed by atoms with van der Waals surface area (Å²) in [5.41, 5.74) is 1.31. The molecule has 0 bridgehead atoms. The van der Waals surface area contributed by atoms with Crippen molar-refractivity contribution >= 4 is 23.8 Å². The van der Waals surface area contributed by atoms with Crippen molar-refractivity contribution in [2.24, 2.45) is 5.10 Å². The van der Waals surface area contributed by atoms with Crippen molar-refractivity contribution in [2.75, 3.05) is 5.43 Å². The predicted molar refractivity (Wildman–Crippen MR) is 97.6 cm³/mol. The van der Waals surface area contributed by atoms with E-state index in [4.69, 9.17) is 11.6 Å². The molecule has 0 aliphatic heterocycles. The number of benzene rings is 2. The molecule has 0 atom stereocenters. The molecule has 28 heavy (non-hydrogen) atoms. The molecule has 0 saturated heterocycles. The molecule has 0 saturated carbocycles. The first kappa shape index (κ1) is 19.1. The summed E-state index contributed by atoms with van der Waals surface area (Å²) < 4.78 is 40.7. The van der Waals surface area contributed by atoms with E-state index in [1.165, 1.54) is 0 Å². The number of nitrogens with zero attached hydrogens (tertiary/aromatic N) is 3. The second-order valence-corrected chi connectivity index (χ2v) is 5.75. The number of halogens is 4. The Bertz CT molecular complexity index is 1170. The zero-order valence-corrected chi connectivity index (χ0v) is 14.6. The number of anilines is 1. The molecule has 3 aromatic rings. The van der Waals surface area contributed by atoms with Crippen LogP contribution in [0.3, 0.4) is 0 Å². The third kappa shape index (κ3) is 3.72. The van der Waals surface area contributed by atoms with Crippen LogP contribution in [0.5, 0.6) is 0 Å². The van der Waals surface area contributed by atoms with Gasteiger partial charge >= 0.3 is 0 Å². The Morgan fingerprint density at radius 3 is 2.61 bits per heavy atom. The molecule has 10 heteroatoms. The third-order valence-electron chi connectivity index (χ3n) is 3.59. The first-order valence-electron chi connectivity index (χ1n) is 7.64. The van der Waals surface area contributed by atoms with Gasteiger partial charge in [-0.1, -0.05) is 41.9 Å². The second kappa shape index (κ2) is 7.94. The van der Waals surface area contributed by atoms with Gasteiger partial charge in [0, 0.05) is 11.6 Å². The highest BCUT2D eigenvalue weighted by Gasteiger charge is 2.16. The standard InChI is InChI=1S/C18H9ClF3N5O/c19-14-13(21)6-12(20)11(15(14)22)8-24-27-18-25-16(9-4-2-1-3-5-9)10(7-23)17(28)26-18/h1-6,8H,(H2,25,26,27,28). The minimum atomic E-state index is -1.32. The normalized spacial score (nSPS) is 10.8. The van der Waals surface area contributed by atoms with Crippen LogP contribution >= 0.6 is 11.6 Å². The lowest BCUT2D eigenvalue weighted by Crippen LogP contribution is -2.16. The van der Waals surface area contributed by atoms with Crippen LogP contribution < -0.4 is 11.0 Å². The third-order valence-corrected chi connectivity index (χ3v) is 3.94. The Kier molecular flexibility index (Phi) is 5.42. The fraction of sp³-hybridized carbons (Fsp3) is 0. The quantitative estimate of drug-likeness (QED) is 0.299. The van der Waals surface area contributed by atoms with Crippen molar-refractivity contribution < 1.29 is 13.2 Å². The maximum atomic E-state index is 13.9. The molecule has 0 amide bonds. The van der Waals surface area contributed by atoms with Gasteiger partial charge in [0.15, 0.2) is 5.82 Å². The van der Waals surface area contributed by atoms with Crippen LogP contribution in [0.15, 0.2) is 46.3 Å². The van der Waals surface area contributed by atoms with Gasteiger partial charge < -0.3 is 0 Å². The van der Waals surface area contributed by atoms with Crippen LogP contribution in [0, 0.1) is 28.8 Å². The largest absolute Gasteiger partial charge is 0.290 e. The number of hydrazone groups is 1. The van der Waals surface area contributed by atoms with Gasteiger partial charge in [-0.3, -0.25) is 9.78 Å². The first-order chi connectivity index (χ1) is 13.4. The number of aromatic amines is 1. The number of H-pyrrole nitrogens is 1. The number of aromatic nitrogens is 2. The summed E-state index contributed by atoms with van der Waals surface area (Å²) in [7, 11) is 0. The number of nitriles is 1. The van der Waals surface area contributed by atoms with Gasteiger partial charge in [0.05, 0.1) is 17.5 Å². The molecule has 140 valence electrons. The Morgan fingerprint density at radius 2 is 1.93 bits per heavy atom. The van der Waals surface area contributed by atoms with E-state index in [9.17, 15) is 23.2 Å². The van der Waals surface area contributed by atoms with Crippen LogP contribution in [-0.4, -0.2) is 16.2 Å². The lowest BCUT2D eigenvalue weighted by molar-refractivity contribution is 0.542. The highest BCUT2D eigenvalue weighted by Crippen LogP contribution is 2.23. The van der Waals surface area contributed by atoms with Crippen molar-refractivity contribution in [3.05, 3.63) is 80.4 Å². The van der Waals surface area contributed by atoms with E-state index < -0.39 is 33.6 Å². The van der Waals surface area contributed by atoms with Crippen LogP contribution in [0.1, 0.15) is 11.1 Å². The van der Waals surface area contributed by atoms with E-state index in [-0.39, 0.29) is 17.2 Å². The molecular weight excluding hydrogens is 395 g/mol. The average Bonchev–Trinajstić information content (AvgIpc) is 2.69. The van der Waals surface area contributed by atoms with E-state index in [1.54, 1.807) is 36.4 Å². The minimum Gasteiger partial charge on any atom is -0.290 e. The number of nitrogens with one attached hydrogen (secondary N) is 2. The summed E-state index contributed by atoms with van der Waals surface area (Å²) in [6.45, 7) is 0. The molecule has 0 unspecified atom stereocenters. The van der Waals surface area contributed by atoms with Gasteiger partial charge in [0.2, 0.25) is 5.95 Å². The lowest BCUT2D eigenvalue weighted by atomic mass is 10.1. The van der Waals surface area contributed by atoms with E-state index in [0.29, 0.717) is 11.6 Å². The average molecular weight is 404 g/mol. The van der Waals surface area contributed by atoms with Crippen molar-refractivity contribution in [1.29, 1.82) is 5.26 Å². The lowest BCUT2D eigenvalue weighted by Gasteiger charge is -2.06. The zero-order chi connectivity index (χ0) is 20.3. The maximum Gasteiger partial charge on any atom is 0.270 e. The summed E-state index contributed by atoms with van der Waals surface area (Å²) in [5, 5.41) is 11.9. The highest BCUT2D eigenvalue weighted by molar-refractivity contribution is 6.31. The molecule has 2 aromatic carbocycles. The Morgan fingerprint density at radius 1 is 1.21 bits per heavy atom. The fourth-order valence-corrected chi connectivity index (χ4v) is 2.45. The summed E-state index contributed by atoms with van der Waals surface area (Å²) in [4.78, 5) is 18.5. The van der Waals surface area contributed by atoms with Crippen molar-refractivity contribution in [1.82, 2.24) is 9.97 Å². The zero-order valence-electron chi connectivity index (χ0n) is 13.8. The molecule has 2 N–H and O–H groups in total. The topological polar surface area (TPSA) is 93.9 Å². The van der Waals surface area contributed by atoms with Gasteiger partial charge in [0.25, 0.3) is 5.56 Å². The maximum absolute atomic E-state index is 13.9. The van der Waals surface area contributed by atoms with Gasteiger partial charge in [-0.25, -0.2) is 23.6 Å². The molecule has 0 fully saturated rings. The summed E-state index contributed by atoms with van der Waals surface area (Å²) in [5.74, 6) is -3.95. The molecule has 0 aliphatic carbocycles. The minimum absolute atomic E-state index is 0.103. The van der Waals surface area contributed by atoms with Crippen LogP contribution in [0.2, 0.25) is 5.02 Å². The molecule has 3 rings (SSSR count). The Balaban J connectivity index is 1.96. The molecule has 1 aromatic heterocycles. The van der Waals surface area contributed by atoms with E-state index >= 15 is 0 Å². The Hall–Kier alpha value is -3.64. The second-order valence-electron chi connectivity index (χ2n) is 5.37. The highest BCUT2D eigenvalue weighted by atomic mass is 35.5. The van der Waals surface area contributed by atoms with Crippen LogP contribution in [0.4, 0.5) is 19.1 Å². The summed E-state index contributed by atoms with van der Waals surface area (Å²) >= 11 is 5.40. The van der Waals surface area contributed by atoms with Gasteiger partial charge in [-0.2, -0.15) is 10.4 Å². The van der Waals surface area contributed by atoms with Crippen molar-refractivity contribution in [2.45, 2.75) is 0 Å². The molecule has 6 nitrogen and oxygen atoms in total. The Labute approximate surface area is 160 Å². The van der Waals surface area contributed by atoms with Crippen molar-refractivity contribution in [3.8, 4) is 17.3 Å². The molecule has 0 radical (unpaired) electrons. The van der Waals surface area contributed by atoms with E-state index in [0.717, 1.165) is 6.21 Å². The molecule has 0 aliphatic rings. The molecule has 1 heterocycles. The van der Waals surface area contributed by atoms with E-state index in [1.807, 2.05) is 0 Å². The van der Waals surface area contributed by atoms with Crippen molar-refractivity contribution in [3.63, 3.8) is 0 Å². The van der Waals surface area contributed by atoms with Gasteiger partial charge in [-0.05, 0) is 0 Å². The van der Waals surface area contributed by atoms with Crippen LogP contribution in [-0.2, 0) is 0 Å². The monoisotopic (exact) mass is 403 g/mol.